The highest BCUT2D eigenvalue weighted by Gasteiger charge is 2.25. The summed E-state index contributed by atoms with van der Waals surface area (Å²) in [5.74, 6) is -0.222. The molecule has 0 fully saturated rings. The normalized spacial score (nSPS) is 11.8. The van der Waals surface area contributed by atoms with Crippen LogP contribution >= 0.6 is 0 Å². The summed E-state index contributed by atoms with van der Waals surface area (Å²) < 4.78 is 13.1. The van der Waals surface area contributed by atoms with Crippen molar-refractivity contribution < 1.29 is 14.6 Å². The molecule has 17 heavy (non-hydrogen) atoms. The monoisotopic (exact) mass is 241 g/mol. The smallest absolute Gasteiger partial charge is 0.126 e. The molecule has 0 aliphatic rings. The molecule has 0 atom stereocenters. The van der Waals surface area contributed by atoms with Gasteiger partial charge in [-0.3, -0.25) is 0 Å². The minimum Gasteiger partial charge on any atom is -0.394 e. The van der Waals surface area contributed by atoms with Gasteiger partial charge in [-0.2, -0.15) is 0 Å². The Morgan fingerprint density at radius 3 is 2.41 bits per heavy atom. The van der Waals surface area contributed by atoms with Crippen LogP contribution in [0.5, 0.6) is 0 Å². The fourth-order valence-corrected chi connectivity index (χ4v) is 1.62. The summed E-state index contributed by atoms with van der Waals surface area (Å²) in [6, 6.07) is 4.89. The number of nitrogens with one attached hydrogen (secondary N) is 1. The highest BCUT2D eigenvalue weighted by molar-refractivity contribution is 5.24. The first-order chi connectivity index (χ1) is 8.06. The number of rotatable bonds is 6. The Morgan fingerprint density at radius 1 is 1.29 bits per heavy atom. The molecule has 1 aromatic carbocycles. The Hall–Kier alpha value is -0.970. The maximum absolute atomic E-state index is 13.1. The minimum absolute atomic E-state index is 0.125. The lowest BCUT2D eigenvalue weighted by Gasteiger charge is -2.30. The Balaban J connectivity index is 2.68. The van der Waals surface area contributed by atoms with Gasteiger partial charge in [-0.05, 0) is 30.5 Å². The van der Waals surface area contributed by atoms with Crippen LogP contribution in [0.1, 0.15) is 24.5 Å². The van der Waals surface area contributed by atoms with Gasteiger partial charge in [-0.25, -0.2) is 4.39 Å². The van der Waals surface area contributed by atoms with Crippen LogP contribution in [0, 0.1) is 12.7 Å². The van der Waals surface area contributed by atoms with E-state index in [4.69, 9.17) is 0 Å². The second-order valence-electron chi connectivity index (χ2n) is 4.39. The third kappa shape index (κ3) is 3.49. The molecule has 0 spiro atoms. The SMILES string of the molecule is CCC(CO)(CO)NCc1ccc(F)c(C)c1. The maximum Gasteiger partial charge on any atom is 0.126 e. The van der Waals surface area contributed by atoms with Gasteiger partial charge < -0.3 is 15.5 Å². The number of aliphatic hydroxyl groups excluding tert-OH is 2. The van der Waals surface area contributed by atoms with Gasteiger partial charge in [-0.15, -0.1) is 0 Å². The number of benzene rings is 1. The zero-order valence-corrected chi connectivity index (χ0v) is 10.3. The first-order valence-corrected chi connectivity index (χ1v) is 5.78. The summed E-state index contributed by atoms with van der Waals surface area (Å²) in [5, 5.41) is 21.7. The van der Waals surface area contributed by atoms with E-state index in [0.29, 0.717) is 18.5 Å². The molecule has 0 saturated carbocycles. The number of hydrogen-bond donors (Lipinski definition) is 3. The molecule has 0 saturated heterocycles. The molecule has 0 heterocycles. The average molecular weight is 241 g/mol. The molecular weight excluding hydrogens is 221 g/mol. The fourth-order valence-electron chi connectivity index (χ4n) is 1.62. The van der Waals surface area contributed by atoms with Crippen molar-refractivity contribution in [1.29, 1.82) is 0 Å². The third-order valence-corrected chi connectivity index (χ3v) is 3.17. The topological polar surface area (TPSA) is 52.5 Å². The molecule has 3 N–H and O–H groups in total. The summed E-state index contributed by atoms with van der Waals surface area (Å²) in [6.07, 6.45) is 0.625. The van der Waals surface area contributed by atoms with Gasteiger partial charge in [0.2, 0.25) is 0 Å². The molecule has 0 aliphatic carbocycles. The standard InChI is InChI=1S/C13H20FNO2/c1-3-13(8-16,9-17)15-7-11-4-5-12(14)10(2)6-11/h4-6,15-17H,3,7-9H2,1-2H3. The van der Waals surface area contributed by atoms with Crippen molar-refractivity contribution in [3.8, 4) is 0 Å². The van der Waals surface area contributed by atoms with E-state index in [9.17, 15) is 14.6 Å². The molecule has 0 aliphatic heterocycles. The molecule has 0 aromatic heterocycles. The number of aryl methyl sites for hydroxylation is 1. The summed E-state index contributed by atoms with van der Waals surface area (Å²) >= 11 is 0. The average Bonchev–Trinajstić information content (AvgIpc) is 2.36. The van der Waals surface area contributed by atoms with E-state index in [1.54, 1.807) is 19.1 Å². The Bertz CT molecular complexity index is 356. The van der Waals surface area contributed by atoms with Gasteiger partial charge in [0, 0.05) is 6.54 Å². The molecule has 3 nitrogen and oxygen atoms in total. The Kier molecular flexibility index (Phi) is 5.05. The van der Waals surface area contributed by atoms with Crippen molar-refractivity contribution in [2.24, 2.45) is 0 Å². The minimum atomic E-state index is -0.664. The van der Waals surface area contributed by atoms with E-state index < -0.39 is 5.54 Å². The predicted molar refractivity (Wildman–Crippen MR) is 65.2 cm³/mol. The first kappa shape index (κ1) is 14.1. The van der Waals surface area contributed by atoms with Crippen molar-refractivity contribution in [3.05, 3.63) is 35.1 Å². The molecule has 0 amide bonds. The van der Waals surface area contributed by atoms with Gasteiger partial charge in [0.1, 0.15) is 5.82 Å². The van der Waals surface area contributed by atoms with Crippen LogP contribution in [0.25, 0.3) is 0 Å². The van der Waals surface area contributed by atoms with E-state index in [-0.39, 0.29) is 19.0 Å². The second kappa shape index (κ2) is 6.10. The van der Waals surface area contributed by atoms with Gasteiger partial charge in [0.15, 0.2) is 0 Å². The molecule has 1 rings (SSSR count). The van der Waals surface area contributed by atoms with Crippen LogP contribution in [0.15, 0.2) is 18.2 Å². The molecule has 96 valence electrons. The predicted octanol–water partition coefficient (Wildman–Crippen LogP) is 1.36. The van der Waals surface area contributed by atoms with Gasteiger partial charge in [-0.1, -0.05) is 19.1 Å². The molecule has 0 radical (unpaired) electrons. The maximum atomic E-state index is 13.1. The molecule has 4 heteroatoms. The lowest BCUT2D eigenvalue weighted by Crippen LogP contribution is -2.50. The van der Waals surface area contributed by atoms with E-state index in [1.165, 1.54) is 6.07 Å². The highest BCUT2D eigenvalue weighted by atomic mass is 19.1. The third-order valence-electron chi connectivity index (χ3n) is 3.17. The zero-order valence-electron chi connectivity index (χ0n) is 10.3. The summed E-state index contributed by atoms with van der Waals surface area (Å²) in [4.78, 5) is 0. The van der Waals surface area contributed by atoms with E-state index in [0.717, 1.165) is 5.56 Å². The quantitative estimate of drug-likeness (QED) is 0.705. The number of aliphatic hydroxyl groups is 2. The first-order valence-electron chi connectivity index (χ1n) is 5.78. The Morgan fingerprint density at radius 2 is 1.94 bits per heavy atom. The van der Waals surface area contributed by atoms with E-state index in [2.05, 4.69) is 5.32 Å². The van der Waals surface area contributed by atoms with Crippen molar-refractivity contribution >= 4 is 0 Å². The number of halogens is 1. The summed E-state index contributed by atoms with van der Waals surface area (Å²) in [5.41, 5.74) is 0.866. The molecule has 0 bridgehead atoms. The lowest BCUT2D eigenvalue weighted by atomic mass is 9.98. The fraction of sp³-hybridized carbons (Fsp3) is 0.538. The summed E-state index contributed by atoms with van der Waals surface area (Å²) in [7, 11) is 0. The van der Waals surface area contributed by atoms with Crippen LogP contribution in [-0.4, -0.2) is 29.0 Å². The van der Waals surface area contributed by atoms with Crippen molar-refractivity contribution in [2.45, 2.75) is 32.4 Å². The highest BCUT2D eigenvalue weighted by Crippen LogP contribution is 2.13. The summed E-state index contributed by atoms with van der Waals surface area (Å²) in [6.45, 7) is 3.86. The van der Waals surface area contributed by atoms with Crippen LogP contribution in [0.4, 0.5) is 4.39 Å². The van der Waals surface area contributed by atoms with Gasteiger partial charge in [0.25, 0.3) is 0 Å². The van der Waals surface area contributed by atoms with Crippen LogP contribution < -0.4 is 5.32 Å². The van der Waals surface area contributed by atoms with Crippen molar-refractivity contribution in [2.75, 3.05) is 13.2 Å². The van der Waals surface area contributed by atoms with E-state index >= 15 is 0 Å². The molecule has 0 unspecified atom stereocenters. The van der Waals surface area contributed by atoms with E-state index in [1.807, 2.05) is 6.92 Å². The van der Waals surface area contributed by atoms with Crippen LogP contribution in [-0.2, 0) is 6.54 Å². The van der Waals surface area contributed by atoms with Crippen LogP contribution in [0.2, 0.25) is 0 Å². The Labute approximate surface area is 101 Å². The molecular formula is C13H20FNO2. The van der Waals surface area contributed by atoms with Crippen molar-refractivity contribution in [3.63, 3.8) is 0 Å². The lowest BCUT2D eigenvalue weighted by molar-refractivity contribution is 0.0864. The molecule has 1 aromatic rings. The number of hydrogen-bond acceptors (Lipinski definition) is 3. The van der Waals surface area contributed by atoms with Crippen LogP contribution in [0.3, 0.4) is 0 Å². The largest absolute Gasteiger partial charge is 0.394 e. The zero-order chi connectivity index (χ0) is 12.9. The van der Waals surface area contributed by atoms with Gasteiger partial charge >= 0.3 is 0 Å². The van der Waals surface area contributed by atoms with Crippen molar-refractivity contribution in [1.82, 2.24) is 5.32 Å². The second-order valence-corrected chi connectivity index (χ2v) is 4.39. The van der Waals surface area contributed by atoms with Gasteiger partial charge in [0.05, 0.1) is 18.8 Å².